The Labute approximate surface area is 78.9 Å². The van der Waals surface area contributed by atoms with Crippen molar-refractivity contribution in [1.82, 2.24) is 0 Å². The van der Waals surface area contributed by atoms with Crippen molar-refractivity contribution in [1.29, 1.82) is 0 Å². The van der Waals surface area contributed by atoms with Crippen LogP contribution in [0.1, 0.15) is 16.7 Å². The number of halogens is 1. The molecule has 0 atom stereocenters. The van der Waals surface area contributed by atoms with Crippen LogP contribution in [0.3, 0.4) is 0 Å². The number of allylic oxidation sites excluding steroid dienone is 1. The molecule has 0 aliphatic carbocycles. The summed E-state index contributed by atoms with van der Waals surface area (Å²) in [6.45, 7) is 8.11. The maximum atomic E-state index is 5.71. The van der Waals surface area contributed by atoms with Crippen molar-refractivity contribution in [3.8, 4) is 0 Å². The van der Waals surface area contributed by atoms with Gasteiger partial charge < -0.3 is 0 Å². The van der Waals surface area contributed by atoms with Gasteiger partial charge in [-0.2, -0.15) is 0 Å². The van der Waals surface area contributed by atoms with Gasteiger partial charge in [0.05, 0.1) is 0 Å². The van der Waals surface area contributed by atoms with Gasteiger partial charge in [-0.25, -0.2) is 0 Å². The highest BCUT2D eigenvalue weighted by Gasteiger charge is 2.02. The van der Waals surface area contributed by atoms with Crippen molar-refractivity contribution >= 4 is 17.2 Å². The van der Waals surface area contributed by atoms with Crippen LogP contribution in [0.4, 0.5) is 0 Å². The molecular weight excluding hydrogens is 168 g/mol. The van der Waals surface area contributed by atoms with Crippen LogP contribution in [-0.2, 0) is 0 Å². The van der Waals surface area contributed by atoms with E-state index in [0.29, 0.717) is 5.88 Å². The Hall–Kier alpha value is -0.750. The van der Waals surface area contributed by atoms with Gasteiger partial charge in [0.1, 0.15) is 0 Å². The molecular formula is C11H13Cl. The van der Waals surface area contributed by atoms with Gasteiger partial charge in [0.2, 0.25) is 0 Å². The predicted molar refractivity (Wildman–Crippen MR) is 55.7 cm³/mol. The lowest BCUT2D eigenvalue weighted by molar-refractivity contribution is 1.31. The van der Waals surface area contributed by atoms with Gasteiger partial charge in [0.15, 0.2) is 0 Å². The Balaban J connectivity index is 3.16. The second-order valence-corrected chi connectivity index (χ2v) is 3.25. The van der Waals surface area contributed by atoms with Crippen LogP contribution < -0.4 is 0 Å². The van der Waals surface area contributed by atoms with E-state index in [1.54, 1.807) is 0 Å². The maximum Gasteiger partial charge on any atom is 0.0474 e. The SMILES string of the molecule is C=C(CCl)c1cccc(C)c1C. The lowest BCUT2D eigenvalue weighted by Gasteiger charge is -2.08. The van der Waals surface area contributed by atoms with E-state index in [1.165, 1.54) is 16.7 Å². The lowest BCUT2D eigenvalue weighted by Crippen LogP contribution is -1.91. The monoisotopic (exact) mass is 180 g/mol. The Morgan fingerprint density at radius 2 is 2.08 bits per heavy atom. The first-order chi connectivity index (χ1) is 5.66. The third-order valence-corrected chi connectivity index (χ3v) is 2.47. The number of hydrogen-bond acceptors (Lipinski definition) is 0. The molecule has 12 heavy (non-hydrogen) atoms. The zero-order valence-electron chi connectivity index (χ0n) is 7.52. The van der Waals surface area contributed by atoms with Crippen LogP contribution in [0.5, 0.6) is 0 Å². The molecule has 0 N–H and O–H groups in total. The Bertz CT molecular complexity index is 300. The van der Waals surface area contributed by atoms with Gasteiger partial charge in [0.25, 0.3) is 0 Å². The minimum absolute atomic E-state index is 0.504. The zero-order valence-corrected chi connectivity index (χ0v) is 8.28. The van der Waals surface area contributed by atoms with Gasteiger partial charge in [-0.15, -0.1) is 11.6 Å². The fourth-order valence-electron chi connectivity index (χ4n) is 1.21. The van der Waals surface area contributed by atoms with Crippen LogP contribution in [-0.4, -0.2) is 5.88 Å². The van der Waals surface area contributed by atoms with Crippen LogP contribution in [0.2, 0.25) is 0 Å². The van der Waals surface area contributed by atoms with E-state index in [4.69, 9.17) is 11.6 Å². The number of aryl methyl sites for hydroxylation is 1. The molecule has 0 unspecified atom stereocenters. The average Bonchev–Trinajstić information content (AvgIpc) is 2.08. The van der Waals surface area contributed by atoms with Gasteiger partial charge >= 0.3 is 0 Å². The molecule has 0 fully saturated rings. The highest BCUT2D eigenvalue weighted by atomic mass is 35.5. The summed E-state index contributed by atoms with van der Waals surface area (Å²) in [4.78, 5) is 0. The Kier molecular flexibility index (Phi) is 2.93. The number of rotatable bonds is 2. The van der Waals surface area contributed by atoms with Crippen molar-refractivity contribution in [2.45, 2.75) is 13.8 Å². The van der Waals surface area contributed by atoms with E-state index in [9.17, 15) is 0 Å². The molecule has 0 radical (unpaired) electrons. The summed E-state index contributed by atoms with van der Waals surface area (Å²) in [5.74, 6) is 0.504. The third kappa shape index (κ3) is 1.70. The van der Waals surface area contributed by atoms with Gasteiger partial charge in [-0.3, -0.25) is 0 Å². The number of benzene rings is 1. The van der Waals surface area contributed by atoms with Crippen LogP contribution in [0.15, 0.2) is 24.8 Å². The van der Waals surface area contributed by atoms with E-state index in [-0.39, 0.29) is 0 Å². The molecule has 1 aromatic carbocycles. The zero-order chi connectivity index (χ0) is 9.14. The predicted octanol–water partition coefficient (Wildman–Crippen LogP) is 3.56. The largest absolute Gasteiger partial charge is 0.122 e. The van der Waals surface area contributed by atoms with Crippen molar-refractivity contribution in [3.63, 3.8) is 0 Å². The second-order valence-electron chi connectivity index (χ2n) is 2.98. The molecule has 0 heterocycles. The third-order valence-electron chi connectivity index (χ3n) is 2.15. The molecule has 0 bridgehead atoms. The highest BCUT2D eigenvalue weighted by Crippen LogP contribution is 2.20. The molecule has 0 aromatic heterocycles. The Morgan fingerprint density at radius 3 is 2.67 bits per heavy atom. The minimum Gasteiger partial charge on any atom is -0.122 e. The first-order valence-corrected chi connectivity index (χ1v) is 4.50. The standard InChI is InChI=1S/C11H13Cl/c1-8-5-4-6-11(10(8)3)9(2)7-12/h4-6H,2,7H2,1,3H3. The minimum atomic E-state index is 0.504. The first kappa shape index (κ1) is 9.34. The van der Waals surface area contributed by atoms with Crippen molar-refractivity contribution in [3.05, 3.63) is 41.5 Å². The van der Waals surface area contributed by atoms with Gasteiger partial charge in [0, 0.05) is 5.88 Å². The van der Waals surface area contributed by atoms with Crippen LogP contribution >= 0.6 is 11.6 Å². The fourth-order valence-corrected chi connectivity index (χ4v) is 1.35. The number of alkyl halides is 1. The molecule has 0 saturated carbocycles. The van der Waals surface area contributed by atoms with E-state index in [0.717, 1.165) is 5.57 Å². The van der Waals surface area contributed by atoms with Crippen molar-refractivity contribution < 1.29 is 0 Å². The average molecular weight is 181 g/mol. The molecule has 1 aromatic rings. The topological polar surface area (TPSA) is 0 Å². The fraction of sp³-hybridized carbons (Fsp3) is 0.273. The van der Waals surface area contributed by atoms with E-state index < -0.39 is 0 Å². The molecule has 1 rings (SSSR count). The van der Waals surface area contributed by atoms with Crippen molar-refractivity contribution in [2.24, 2.45) is 0 Å². The van der Waals surface area contributed by atoms with Gasteiger partial charge in [-0.05, 0) is 36.1 Å². The molecule has 0 saturated heterocycles. The van der Waals surface area contributed by atoms with Crippen LogP contribution in [0.25, 0.3) is 5.57 Å². The second kappa shape index (κ2) is 3.77. The molecule has 0 spiro atoms. The van der Waals surface area contributed by atoms with E-state index in [1.807, 2.05) is 6.07 Å². The molecule has 0 aliphatic rings. The highest BCUT2D eigenvalue weighted by molar-refractivity contribution is 6.23. The van der Waals surface area contributed by atoms with Gasteiger partial charge in [-0.1, -0.05) is 24.8 Å². The summed E-state index contributed by atoms with van der Waals surface area (Å²) in [6, 6.07) is 6.20. The number of hydrogen-bond donors (Lipinski definition) is 0. The summed E-state index contributed by atoms with van der Waals surface area (Å²) in [5.41, 5.74) is 4.75. The summed E-state index contributed by atoms with van der Waals surface area (Å²) in [5, 5.41) is 0. The summed E-state index contributed by atoms with van der Waals surface area (Å²) >= 11 is 5.71. The first-order valence-electron chi connectivity index (χ1n) is 3.97. The maximum absolute atomic E-state index is 5.71. The lowest BCUT2D eigenvalue weighted by atomic mass is 9.99. The smallest absolute Gasteiger partial charge is 0.0474 e. The molecule has 1 heteroatoms. The van der Waals surface area contributed by atoms with Crippen LogP contribution in [0, 0.1) is 13.8 Å². The molecule has 0 aliphatic heterocycles. The summed E-state index contributed by atoms with van der Waals surface area (Å²) < 4.78 is 0. The quantitative estimate of drug-likeness (QED) is 0.611. The summed E-state index contributed by atoms with van der Waals surface area (Å²) in [6.07, 6.45) is 0. The molecule has 64 valence electrons. The van der Waals surface area contributed by atoms with Crippen molar-refractivity contribution in [2.75, 3.05) is 5.88 Å². The van der Waals surface area contributed by atoms with E-state index >= 15 is 0 Å². The normalized spacial score (nSPS) is 9.92. The molecule has 0 amide bonds. The Morgan fingerprint density at radius 1 is 1.42 bits per heavy atom. The molecule has 0 nitrogen and oxygen atoms in total. The van der Waals surface area contributed by atoms with E-state index in [2.05, 4.69) is 32.6 Å². The summed E-state index contributed by atoms with van der Waals surface area (Å²) in [7, 11) is 0.